The predicted octanol–water partition coefficient (Wildman–Crippen LogP) is 5.85. The summed E-state index contributed by atoms with van der Waals surface area (Å²) in [7, 11) is 3.24. The molecule has 1 heterocycles. The van der Waals surface area contributed by atoms with E-state index in [0.717, 1.165) is 37.7 Å². The highest BCUT2D eigenvalue weighted by Gasteiger charge is 2.22. The summed E-state index contributed by atoms with van der Waals surface area (Å²) >= 11 is 1.67. The minimum atomic E-state index is -0.00589. The lowest BCUT2D eigenvalue weighted by Crippen LogP contribution is -2.43. The van der Waals surface area contributed by atoms with Crippen LogP contribution in [0, 0.1) is 6.92 Å². The first-order valence-electron chi connectivity index (χ1n) is 12.7. The zero-order valence-corrected chi connectivity index (χ0v) is 22.9. The number of unbranched alkanes of at least 4 members (excludes halogenated alkanes) is 3. The Kier molecular flexibility index (Phi) is 12.7. The van der Waals surface area contributed by atoms with Crippen molar-refractivity contribution in [2.24, 2.45) is 0 Å². The molecule has 194 valence electrons. The van der Waals surface area contributed by atoms with Gasteiger partial charge in [0.25, 0.3) is 0 Å². The molecule has 0 spiro atoms. The maximum atomic E-state index is 13.5. The van der Waals surface area contributed by atoms with Gasteiger partial charge in [-0.15, -0.1) is 11.3 Å². The van der Waals surface area contributed by atoms with Gasteiger partial charge in [-0.05, 0) is 60.9 Å². The Morgan fingerprint density at radius 2 is 1.66 bits per heavy atom. The van der Waals surface area contributed by atoms with E-state index in [9.17, 15) is 9.59 Å². The number of hydrogen-bond donors (Lipinski definition) is 0. The molecule has 1 aromatic heterocycles. The molecule has 2 aromatic rings. The SMILES string of the molecule is CCCCCCC(=O)N(CCC)CC(=O)N(CCc1ccc(OC)c(OC)c1)Cc1sccc1C. The minimum absolute atomic E-state index is 0.00589. The van der Waals surface area contributed by atoms with Crippen LogP contribution in [0.2, 0.25) is 0 Å². The third-order valence-corrected chi connectivity index (χ3v) is 7.20. The van der Waals surface area contributed by atoms with Gasteiger partial charge in [0.05, 0.1) is 27.3 Å². The lowest BCUT2D eigenvalue weighted by Gasteiger charge is -2.28. The van der Waals surface area contributed by atoms with Crippen molar-refractivity contribution in [1.82, 2.24) is 9.80 Å². The van der Waals surface area contributed by atoms with Crippen LogP contribution in [0.25, 0.3) is 0 Å². The molecule has 0 saturated heterocycles. The Balaban J connectivity index is 2.12. The summed E-state index contributed by atoms with van der Waals surface area (Å²) in [5.41, 5.74) is 2.26. The molecule has 6 nitrogen and oxygen atoms in total. The Hall–Kier alpha value is -2.54. The van der Waals surface area contributed by atoms with E-state index >= 15 is 0 Å². The molecule has 2 rings (SSSR count). The van der Waals surface area contributed by atoms with E-state index in [1.165, 1.54) is 10.4 Å². The van der Waals surface area contributed by atoms with Crippen LogP contribution >= 0.6 is 11.3 Å². The fraction of sp³-hybridized carbons (Fsp3) is 0.571. The molecule has 0 fully saturated rings. The number of ether oxygens (including phenoxy) is 2. The van der Waals surface area contributed by atoms with Gasteiger partial charge in [0.2, 0.25) is 11.8 Å². The average Bonchev–Trinajstić information content (AvgIpc) is 3.27. The van der Waals surface area contributed by atoms with E-state index < -0.39 is 0 Å². The van der Waals surface area contributed by atoms with Crippen molar-refractivity contribution in [1.29, 1.82) is 0 Å². The fourth-order valence-electron chi connectivity index (χ4n) is 4.02. The maximum absolute atomic E-state index is 13.5. The van der Waals surface area contributed by atoms with Gasteiger partial charge in [0.15, 0.2) is 11.5 Å². The third-order valence-electron chi connectivity index (χ3n) is 6.19. The van der Waals surface area contributed by atoms with E-state index in [-0.39, 0.29) is 18.4 Å². The molecule has 0 aliphatic heterocycles. The standard InChI is InChI=1S/C28H42N2O4S/c1-6-8-9-10-11-27(31)29(16-7-2)21-28(32)30(20-26-22(3)15-18-35-26)17-14-23-12-13-24(33-4)25(19-23)34-5/h12-13,15,18-19H,6-11,14,16-17,20-21H2,1-5H3. The molecule has 0 aliphatic carbocycles. The second kappa shape index (κ2) is 15.5. The van der Waals surface area contributed by atoms with Crippen LogP contribution in [0.15, 0.2) is 29.6 Å². The van der Waals surface area contributed by atoms with Gasteiger partial charge in [-0.25, -0.2) is 0 Å². The van der Waals surface area contributed by atoms with Crippen molar-refractivity contribution in [3.63, 3.8) is 0 Å². The number of rotatable bonds is 16. The van der Waals surface area contributed by atoms with E-state index in [1.807, 2.05) is 30.0 Å². The summed E-state index contributed by atoms with van der Waals surface area (Å²) in [6.07, 6.45) is 6.28. The summed E-state index contributed by atoms with van der Waals surface area (Å²) in [4.78, 5) is 31.2. The van der Waals surface area contributed by atoms with E-state index in [0.29, 0.717) is 44.0 Å². The lowest BCUT2D eigenvalue weighted by atomic mass is 10.1. The zero-order chi connectivity index (χ0) is 25.6. The number of hydrogen-bond acceptors (Lipinski definition) is 5. The Morgan fingerprint density at radius 1 is 0.886 bits per heavy atom. The van der Waals surface area contributed by atoms with Crippen molar-refractivity contribution in [3.05, 3.63) is 45.6 Å². The minimum Gasteiger partial charge on any atom is -0.493 e. The first kappa shape index (κ1) is 28.7. The van der Waals surface area contributed by atoms with Gasteiger partial charge in [-0.2, -0.15) is 0 Å². The molecule has 35 heavy (non-hydrogen) atoms. The second-order valence-corrected chi connectivity index (χ2v) is 9.91. The molecule has 0 unspecified atom stereocenters. The number of carbonyl (C=O) groups excluding carboxylic acids is 2. The number of nitrogens with zero attached hydrogens (tertiary/aromatic N) is 2. The zero-order valence-electron chi connectivity index (χ0n) is 22.1. The molecule has 0 atom stereocenters. The van der Waals surface area contributed by atoms with Crippen LogP contribution in [0.5, 0.6) is 11.5 Å². The van der Waals surface area contributed by atoms with Gasteiger partial charge in [-0.1, -0.05) is 39.2 Å². The summed E-state index contributed by atoms with van der Waals surface area (Å²) in [6.45, 7) is 8.15. The van der Waals surface area contributed by atoms with Gasteiger partial charge in [0.1, 0.15) is 0 Å². The molecular formula is C28H42N2O4S. The normalized spacial score (nSPS) is 10.8. The van der Waals surface area contributed by atoms with E-state index in [2.05, 4.69) is 25.3 Å². The third kappa shape index (κ3) is 9.21. The van der Waals surface area contributed by atoms with Crippen molar-refractivity contribution >= 4 is 23.2 Å². The highest BCUT2D eigenvalue weighted by atomic mass is 32.1. The molecule has 0 radical (unpaired) electrons. The molecule has 7 heteroatoms. The molecule has 2 amide bonds. The van der Waals surface area contributed by atoms with Crippen LogP contribution in [0.4, 0.5) is 0 Å². The van der Waals surface area contributed by atoms with Gasteiger partial charge >= 0.3 is 0 Å². The smallest absolute Gasteiger partial charge is 0.242 e. The van der Waals surface area contributed by atoms with E-state index in [4.69, 9.17) is 9.47 Å². The second-order valence-electron chi connectivity index (χ2n) is 8.91. The van der Waals surface area contributed by atoms with Gasteiger partial charge < -0.3 is 19.3 Å². The summed E-state index contributed by atoms with van der Waals surface area (Å²) in [5.74, 6) is 1.45. The molecule has 0 saturated carbocycles. The first-order chi connectivity index (χ1) is 16.9. The number of methoxy groups -OCH3 is 2. The summed E-state index contributed by atoms with van der Waals surface area (Å²) in [6, 6.07) is 7.94. The largest absolute Gasteiger partial charge is 0.493 e. The number of amides is 2. The fourth-order valence-corrected chi connectivity index (χ4v) is 4.94. The van der Waals surface area contributed by atoms with Crippen molar-refractivity contribution < 1.29 is 19.1 Å². The monoisotopic (exact) mass is 502 g/mol. The first-order valence-corrected chi connectivity index (χ1v) is 13.6. The van der Waals surface area contributed by atoms with Crippen LogP contribution in [0.3, 0.4) is 0 Å². The Labute approximate surface area is 215 Å². The van der Waals surface area contributed by atoms with Crippen molar-refractivity contribution in [2.75, 3.05) is 33.9 Å². The predicted molar refractivity (Wildman–Crippen MR) is 143 cm³/mol. The van der Waals surface area contributed by atoms with Crippen LogP contribution < -0.4 is 9.47 Å². The topological polar surface area (TPSA) is 59.1 Å². The Morgan fingerprint density at radius 3 is 2.29 bits per heavy atom. The van der Waals surface area contributed by atoms with Crippen LogP contribution in [0.1, 0.15) is 68.4 Å². The van der Waals surface area contributed by atoms with Crippen molar-refractivity contribution in [2.45, 2.75) is 72.3 Å². The van der Waals surface area contributed by atoms with E-state index in [1.54, 1.807) is 30.5 Å². The summed E-state index contributed by atoms with van der Waals surface area (Å²) < 4.78 is 10.8. The van der Waals surface area contributed by atoms with Gasteiger partial charge in [-0.3, -0.25) is 9.59 Å². The Bertz CT molecular complexity index is 927. The highest BCUT2D eigenvalue weighted by molar-refractivity contribution is 7.10. The van der Waals surface area contributed by atoms with Crippen LogP contribution in [-0.4, -0.2) is 55.5 Å². The number of thiophene rings is 1. The lowest BCUT2D eigenvalue weighted by molar-refractivity contribution is -0.141. The van der Waals surface area contributed by atoms with Gasteiger partial charge in [0, 0.05) is 24.4 Å². The quantitative estimate of drug-likeness (QED) is 0.270. The summed E-state index contributed by atoms with van der Waals surface area (Å²) in [5, 5.41) is 2.06. The van der Waals surface area contributed by atoms with Crippen molar-refractivity contribution in [3.8, 4) is 11.5 Å². The molecule has 1 aromatic carbocycles. The molecule has 0 bridgehead atoms. The number of benzene rings is 1. The number of aryl methyl sites for hydroxylation is 1. The molecule has 0 N–H and O–H groups in total. The molecule has 0 aliphatic rings. The maximum Gasteiger partial charge on any atom is 0.242 e. The highest BCUT2D eigenvalue weighted by Crippen LogP contribution is 2.28. The molecular weight excluding hydrogens is 460 g/mol. The average molecular weight is 503 g/mol. The van der Waals surface area contributed by atoms with Crippen LogP contribution in [-0.2, 0) is 22.6 Å². The number of carbonyl (C=O) groups is 2.